The molecule has 1 atom stereocenters. The molecule has 0 spiro atoms. The highest BCUT2D eigenvalue weighted by molar-refractivity contribution is 6.06. The summed E-state index contributed by atoms with van der Waals surface area (Å²) >= 11 is 0. The minimum absolute atomic E-state index is 0.0409. The molecule has 160 valence electrons. The van der Waals surface area contributed by atoms with Gasteiger partial charge in [0.1, 0.15) is 5.69 Å². The molecule has 0 aromatic carbocycles. The zero-order chi connectivity index (χ0) is 21.5. The van der Waals surface area contributed by atoms with E-state index in [0.29, 0.717) is 47.5 Å². The molecule has 1 amide bonds. The topological polar surface area (TPSA) is 103 Å². The van der Waals surface area contributed by atoms with E-state index in [-0.39, 0.29) is 17.9 Å². The van der Waals surface area contributed by atoms with Crippen molar-refractivity contribution in [3.63, 3.8) is 0 Å². The van der Waals surface area contributed by atoms with E-state index in [1.807, 2.05) is 35.6 Å². The molecule has 31 heavy (non-hydrogen) atoms. The fraction of sp³-hybridized carbons (Fsp3) is 0.409. The molecule has 1 aliphatic heterocycles. The van der Waals surface area contributed by atoms with Crippen LogP contribution in [0.4, 0.5) is 0 Å². The van der Waals surface area contributed by atoms with Gasteiger partial charge in [0.05, 0.1) is 29.3 Å². The van der Waals surface area contributed by atoms with Gasteiger partial charge in [-0.05, 0) is 51.8 Å². The second-order valence-corrected chi connectivity index (χ2v) is 8.22. The number of aryl methyl sites for hydroxylation is 1. The number of fused-ring (bicyclic) bond motifs is 1. The van der Waals surface area contributed by atoms with Crippen LogP contribution in [0.5, 0.6) is 0 Å². The third-order valence-electron chi connectivity index (χ3n) is 5.66. The van der Waals surface area contributed by atoms with Crippen LogP contribution >= 0.6 is 0 Å². The third kappa shape index (κ3) is 3.49. The number of hydrogen-bond donors (Lipinski definition) is 0. The van der Waals surface area contributed by atoms with Crippen LogP contribution in [0, 0.1) is 6.92 Å². The molecule has 5 rings (SSSR count). The van der Waals surface area contributed by atoms with Crippen molar-refractivity contribution in [1.29, 1.82) is 0 Å². The van der Waals surface area contributed by atoms with Gasteiger partial charge in [-0.1, -0.05) is 5.16 Å². The zero-order valence-corrected chi connectivity index (χ0v) is 17.8. The van der Waals surface area contributed by atoms with Crippen molar-refractivity contribution < 1.29 is 13.7 Å². The summed E-state index contributed by atoms with van der Waals surface area (Å²) in [6.07, 6.45) is 5.12. The molecule has 1 saturated heterocycles. The van der Waals surface area contributed by atoms with Crippen LogP contribution in [-0.2, 0) is 0 Å². The second kappa shape index (κ2) is 7.64. The number of piperidine rings is 1. The van der Waals surface area contributed by atoms with Crippen LogP contribution < -0.4 is 0 Å². The molecule has 0 saturated carbocycles. The smallest absolute Gasteiger partial charge is 0.254 e. The minimum atomic E-state index is -0.0514. The standard InChI is InChI=1S/C22H24N6O3/c1-13(2)28-20-17(11-23-28)16(10-18(25-20)19-7-5-9-30-19)22(29)27-8-4-6-15(12-27)21-24-14(3)26-31-21/h5,7,9-11,13,15H,4,6,8,12H2,1-3H3/t15-/m0/s1. The van der Waals surface area contributed by atoms with Crippen LogP contribution in [-0.4, -0.2) is 48.8 Å². The molecule has 0 N–H and O–H groups in total. The minimum Gasteiger partial charge on any atom is -0.463 e. The number of hydrogen-bond acceptors (Lipinski definition) is 7. The van der Waals surface area contributed by atoms with Crippen LogP contribution in [0.2, 0.25) is 0 Å². The molecule has 0 radical (unpaired) electrons. The second-order valence-electron chi connectivity index (χ2n) is 8.22. The predicted octanol–water partition coefficient (Wildman–Crippen LogP) is 3.98. The van der Waals surface area contributed by atoms with E-state index in [4.69, 9.17) is 13.9 Å². The highest BCUT2D eigenvalue weighted by Crippen LogP contribution is 2.30. The highest BCUT2D eigenvalue weighted by Gasteiger charge is 2.30. The summed E-state index contributed by atoms with van der Waals surface area (Å²) in [4.78, 5) is 24.6. The maximum Gasteiger partial charge on any atom is 0.254 e. The number of aromatic nitrogens is 5. The van der Waals surface area contributed by atoms with E-state index in [1.165, 1.54) is 0 Å². The summed E-state index contributed by atoms with van der Waals surface area (Å²) in [6, 6.07) is 5.56. The van der Waals surface area contributed by atoms with Gasteiger partial charge in [0.15, 0.2) is 17.2 Å². The third-order valence-corrected chi connectivity index (χ3v) is 5.66. The number of rotatable bonds is 4. The SMILES string of the molecule is Cc1noc([C@H]2CCCN(C(=O)c3cc(-c4ccco4)nc4c3cnn4C(C)C)C2)n1. The first-order valence-electron chi connectivity index (χ1n) is 10.5. The van der Waals surface area contributed by atoms with Gasteiger partial charge in [0, 0.05) is 19.1 Å². The van der Waals surface area contributed by atoms with Gasteiger partial charge in [0.25, 0.3) is 5.91 Å². The van der Waals surface area contributed by atoms with Crippen molar-refractivity contribution in [2.45, 2.75) is 45.6 Å². The number of pyridine rings is 1. The van der Waals surface area contributed by atoms with E-state index in [9.17, 15) is 4.79 Å². The highest BCUT2D eigenvalue weighted by atomic mass is 16.5. The molecule has 0 unspecified atom stereocenters. The van der Waals surface area contributed by atoms with Gasteiger partial charge in [0.2, 0.25) is 5.89 Å². The van der Waals surface area contributed by atoms with Crippen LogP contribution in [0.15, 0.2) is 39.6 Å². The van der Waals surface area contributed by atoms with Crippen LogP contribution in [0.1, 0.15) is 60.7 Å². The fourth-order valence-corrected chi connectivity index (χ4v) is 4.14. The number of amides is 1. The quantitative estimate of drug-likeness (QED) is 0.492. The Morgan fingerprint density at radius 2 is 2.16 bits per heavy atom. The molecule has 9 heteroatoms. The molecule has 4 aromatic heterocycles. The molecule has 4 aromatic rings. The van der Waals surface area contributed by atoms with Gasteiger partial charge in [-0.25, -0.2) is 9.67 Å². The summed E-state index contributed by atoms with van der Waals surface area (Å²) in [7, 11) is 0. The number of nitrogens with zero attached hydrogens (tertiary/aromatic N) is 6. The normalized spacial score (nSPS) is 17.0. The van der Waals surface area contributed by atoms with Gasteiger partial charge < -0.3 is 13.8 Å². The molecular formula is C22H24N6O3. The molecule has 0 bridgehead atoms. The lowest BCUT2D eigenvalue weighted by molar-refractivity contribution is 0.0697. The Morgan fingerprint density at radius 1 is 1.29 bits per heavy atom. The van der Waals surface area contributed by atoms with Crippen molar-refractivity contribution in [2.75, 3.05) is 13.1 Å². The molecule has 1 aliphatic rings. The van der Waals surface area contributed by atoms with Gasteiger partial charge >= 0.3 is 0 Å². The Balaban J connectivity index is 1.54. The summed E-state index contributed by atoms with van der Waals surface area (Å²) in [5.74, 6) is 1.81. The summed E-state index contributed by atoms with van der Waals surface area (Å²) < 4.78 is 12.8. The largest absolute Gasteiger partial charge is 0.463 e. The Kier molecular flexibility index (Phi) is 4.80. The lowest BCUT2D eigenvalue weighted by atomic mass is 9.97. The first kappa shape index (κ1) is 19.5. The Hall–Kier alpha value is -3.49. The number of furan rings is 1. The summed E-state index contributed by atoms with van der Waals surface area (Å²) in [5.41, 5.74) is 1.86. The van der Waals surface area contributed by atoms with Crippen molar-refractivity contribution >= 4 is 16.9 Å². The van der Waals surface area contributed by atoms with Crippen molar-refractivity contribution in [3.8, 4) is 11.5 Å². The lowest BCUT2D eigenvalue weighted by Gasteiger charge is -2.31. The molecular weight excluding hydrogens is 396 g/mol. The first-order valence-corrected chi connectivity index (χ1v) is 10.5. The zero-order valence-electron chi connectivity index (χ0n) is 17.8. The van der Waals surface area contributed by atoms with Gasteiger partial charge in [-0.2, -0.15) is 10.1 Å². The number of likely N-dealkylation sites (tertiary alicyclic amines) is 1. The maximum absolute atomic E-state index is 13.7. The molecule has 5 heterocycles. The predicted molar refractivity (Wildman–Crippen MR) is 113 cm³/mol. The Labute approximate surface area is 179 Å². The Bertz CT molecular complexity index is 1220. The molecule has 0 aliphatic carbocycles. The monoisotopic (exact) mass is 420 g/mol. The number of carbonyl (C=O) groups excluding carboxylic acids is 1. The molecule has 9 nitrogen and oxygen atoms in total. The number of carbonyl (C=O) groups is 1. The van der Waals surface area contributed by atoms with E-state index < -0.39 is 0 Å². The molecule has 1 fully saturated rings. The van der Waals surface area contributed by atoms with E-state index in [0.717, 1.165) is 18.2 Å². The lowest BCUT2D eigenvalue weighted by Crippen LogP contribution is -2.39. The van der Waals surface area contributed by atoms with Crippen LogP contribution in [0.25, 0.3) is 22.5 Å². The van der Waals surface area contributed by atoms with Gasteiger partial charge in [-0.3, -0.25) is 4.79 Å². The average Bonchev–Trinajstić information content (AvgIpc) is 3.52. The summed E-state index contributed by atoms with van der Waals surface area (Å²) in [6.45, 7) is 7.10. The maximum atomic E-state index is 13.7. The van der Waals surface area contributed by atoms with Crippen LogP contribution in [0.3, 0.4) is 0 Å². The first-order chi connectivity index (χ1) is 15.0. The van der Waals surface area contributed by atoms with E-state index in [2.05, 4.69) is 15.2 Å². The fourth-order valence-electron chi connectivity index (χ4n) is 4.14. The summed E-state index contributed by atoms with van der Waals surface area (Å²) in [5, 5.41) is 9.13. The average molecular weight is 420 g/mol. The van der Waals surface area contributed by atoms with Crippen molar-refractivity contribution in [3.05, 3.63) is 47.9 Å². The van der Waals surface area contributed by atoms with Gasteiger partial charge in [-0.15, -0.1) is 0 Å². The van der Waals surface area contributed by atoms with Crippen molar-refractivity contribution in [2.24, 2.45) is 0 Å². The van der Waals surface area contributed by atoms with E-state index in [1.54, 1.807) is 25.5 Å². The van der Waals surface area contributed by atoms with E-state index >= 15 is 0 Å². The Morgan fingerprint density at radius 3 is 2.87 bits per heavy atom. The van der Waals surface area contributed by atoms with Crippen molar-refractivity contribution in [1.82, 2.24) is 29.8 Å².